The van der Waals surface area contributed by atoms with Crippen molar-refractivity contribution >= 4 is 18.6 Å². The summed E-state index contributed by atoms with van der Waals surface area (Å²) in [5.41, 5.74) is 0.374. The quantitative estimate of drug-likeness (QED) is 0.763. The molecule has 6 heteroatoms. The van der Waals surface area contributed by atoms with Gasteiger partial charge in [0.15, 0.2) is 0 Å². The summed E-state index contributed by atoms with van der Waals surface area (Å²) in [5.74, 6) is -0.503. The van der Waals surface area contributed by atoms with Crippen LogP contribution >= 0.6 is 12.6 Å². The molecule has 0 radical (unpaired) electrons. The Hall–Kier alpha value is -1.82. The summed E-state index contributed by atoms with van der Waals surface area (Å²) in [7, 11) is 0. The Balaban J connectivity index is 2.15. The number of thiol groups is 1. The van der Waals surface area contributed by atoms with Crippen LogP contribution in [0.1, 0.15) is 10.4 Å². The second kappa shape index (κ2) is 4.14. The number of rotatable bonds is 2. The number of carbonyl (C=O) groups is 1. The van der Waals surface area contributed by atoms with Gasteiger partial charge in [-0.1, -0.05) is 0 Å². The first kappa shape index (κ1) is 9.72. The topological polar surface area (TPSA) is 57.0 Å². The molecule has 0 unspecified atom stereocenters. The molecule has 15 heavy (non-hydrogen) atoms. The fourth-order valence-corrected chi connectivity index (χ4v) is 1.13. The number of hydrogen-bond acceptors (Lipinski definition) is 5. The zero-order valence-corrected chi connectivity index (χ0v) is 8.46. The fraction of sp³-hybridized carbons (Fsp3) is 0. The Kier molecular flexibility index (Phi) is 2.68. The first-order valence-electron chi connectivity index (χ1n) is 4.11. The lowest BCUT2D eigenvalue weighted by Gasteiger charge is -2.04. The normalized spacial score (nSPS) is 9.93. The molecule has 0 spiro atoms. The van der Waals surface area contributed by atoms with Gasteiger partial charge >= 0.3 is 5.97 Å². The van der Waals surface area contributed by atoms with Crippen LogP contribution in [-0.4, -0.2) is 20.7 Å². The Bertz CT molecular complexity index is 469. The Morgan fingerprint density at radius 2 is 2.27 bits per heavy atom. The first-order chi connectivity index (χ1) is 7.27. The van der Waals surface area contributed by atoms with E-state index in [1.54, 1.807) is 18.3 Å². The van der Waals surface area contributed by atoms with Crippen LogP contribution in [0.4, 0.5) is 0 Å². The lowest BCUT2D eigenvalue weighted by molar-refractivity contribution is 0.0421. The fourth-order valence-electron chi connectivity index (χ4n) is 0.972. The molecular formula is C9H7N3O2S. The lowest BCUT2D eigenvalue weighted by atomic mass is 10.3. The SMILES string of the molecule is O=C(On1cncc1S)c1cccnc1. The van der Waals surface area contributed by atoms with E-state index in [1.165, 1.54) is 23.5 Å². The molecule has 76 valence electrons. The maximum Gasteiger partial charge on any atom is 0.365 e. The van der Waals surface area contributed by atoms with Crippen LogP contribution in [0.3, 0.4) is 0 Å². The number of hydrogen-bond donors (Lipinski definition) is 1. The Labute approximate surface area is 91.1 Å². The molecule has 0 amide bonds. The molecule has 2 rings (SSSR count). The first-order valence-corrected chi connectivity index (χ1v) is 4.56. The van der Waals surface area contributed by atoms with E-state index in [1.807, 2.05) is 0 Å². The van der Waals surface area contributed by atoms with Crippen molar-refractivity contribution < 1.29 is 9.63 Å². The second-order valence-corrected chi connectivity index (χ2v) is 3.16. The van der Waals surface area contributed by atoms with E-state index >= 15 is 0 Å². The molecule has 2 aromatic heterocycles. The third-order valence-corrected chi connectivity index (χ3v) is 1.98. The minimum atomic E-state index is -0.503. The number of pyridine rings is 1. The highest BCUT2D eigenvalue weighted by atomic mass is 32.1. The highest BCUT2D eigenvalue weighted by Crippen LogP contribution is 2.03. The van der Waals surface area contributed by atoms with Crippen LogP contribution in [0.25, 0.3) is 0 Å². The molecule has 2 aromatic rings. The summed E-state index contributed by atoms with van der Waals surface area (Å²) in [6.07, 6.45) is 5.84. The number of imidazole rings is 1. The van der Waals surface area contributed by atoms with Crippen molar-refractivity contribution in [3.05, 3.63) is 42.6 Å². The van der Waals surface area contributed by atoms with Gasteiger partial charge in [-0.3, -0.25) is 4.98 Å². The molecule has 2 heterocycles. The van der Waals surface area contributed by atoms with Crippen LogP contribution in [-0.2, 0) is 0 Å². The zero-order valence-electron chi connectivity index (χ0n) is 7.57. The van der Waals surface area contributed by atoms with Crippen molar-refractivity contribution in [1.29, 1.82) is 0 Å². The average Bonchev–Trinajstić information content (AvgIpc) is 2.66. The molecule has 0 atom stereocenters. The molecule has 5 nitrogen and oxygen atoms in total. The monoisotopic (exact) mass is 221 g/mol. The van der Waals surface area contributed by atoms with Gasteiger partial charge in [0.25, 0.3) is 0 Å². The van der Waals surface area contributed by atoms with Crippen LogP contribution in [0.15, 0.2) is 42.1 Å². The van der Waals surface area contributed by atoms with Crippen molar-refractivity contribution in [3.8, 4) is 0 Å². The van der Waals surface area contributed by atoms with Crippen molar-refractivity contribution in [2.75, 3.05) is 0 Å². The smallest absolute Gasteiger partial charge is 0.329 e. The van der Waals surface area contributed by atoms with E-state index in [4.69, 9.17) is 4.84 Å². The van der Waals surface area contributed by atoms with Crippen LogP contribution in [0.2, 0.25) is 0 Å². The molecule has 0 N–H and O–H groups in total. The number of carbonyl (C=O) groups excluding carboxylic acids is 1. The maximum atomic E-state index is 11.5. The molecular weight excluding hydrogens is 214 g/mol. The third-order valence-electron chi connectivity index (χ3n) is 1.67. The van der Waals surface area contributed by atoms with Gasteiger partial charge in [0.2, 0.25) is 0 Å². The highest BCUT2D eigenvalue weighted by molar-refractivity contribution is 7.80. The largest absolute Gasteiger partial charge is 0.365 e. The predicted octanol–water partition coefficient (Wildman–Crippen LogP) is 0.836. The summed E-state index contributed by atoms with van der Waals surface area (Å²) in [5, 5.41) is 0.451. The summed E-state index contributed by atoms with van der Waals surface area (Å²) >= 11 is 4.04. The van der Waals surface area contributed by atoms with Crippen LogP contribution in [0, 0.1) is 0 Å². The highest BCUT2D eigenvalue weighted by Gasteiger charge is 2.09. The molecule has 0 saturated carbocycles. The molecule has 0 aliphatic carbocycles. The minimum absolute atomic E-state index is 0.374. The number of aromatic nitrogens is 3. The van der Waals surface area contributed by atoms with Gasteiger partial charge in [0, 0.05) is 12.4 Å². The predicted molar refractivity (Wildman–Crippen MR) is 54.6 cm³/mol. The van der Waals surface area contributed by atoms with E-state index in [0.717, 1.165) is 0 Å². The van der Waals surface area contributed by atoms with E-state index in [-0.39, 0.29) is 0 Å². The molecule has 0 aliphatic heterocycles. The van der Waals surface area contributed by atoms with E-state index in [2.05, 4.69) is 22.6 Å². The second-order valence-electron chi connectivity index (χ2n) is 2.70. The summed E-state index contributed by atoms with van der Waals surface area (Å²) in [6, 6.07) is 3.27. The molecule has 0 aliphatic rings. The van der Waals surface area contributed by atoms with Gasteiger partial charge < -0.3 is 4.84 Å². The van der Waals surface area contributed by atoms with E-state index < -0.39 is 5.97 Å². The molecule has 0 fully saturated rings. The van der Waals surface area contributed by atoms with E-state index in [0.29, 0.717) is 10.6 Å². The molecule has 0 aromatic carbocycles. The molecule has 0 saturated heterocycles. The van der Waals surface area contributed by atoms with Crippen molar-refractivity contribution in [2.24, 2.45) is 0 Å². The van der Waals surface area contributed by atoms with Crippen molar-refractivity contribution in [2.45, 2.75) is 5.03 Å². The van der Waals surface area contributed by atoms with Crippen molar-refractivity contribution in [1.82, 2.24) is 14.7 Å². The molecule has 0 bridgehead atoms. The van der Waals surface area contributed by atoms with Gasteiger partial charge in [0.1, 0.15) is 11.4 Å². The van der Waals surface area contributed by atoms with E-state index in [9.17, 15) is 4.79 Å². The zero-order chi connectivity index (χ0) is 10.7. The Morgan fingerprint density at radius 1 is 1.40 bits per heavy atom. The van der Waals surface area contributed by atoms with Gasteiger partial charge in [-0.05, 0) is 12.1 Å². The average molecular weight is 221 g/mol. The van der Waals surface area contributed by atoms with Gasteiger partial charge in [-0.15, -0.1) is 12.6 Å². The van der Waals surface area contributed by atoms with Crippen molar-refractivity contribution in [3.63, 3.8) is 0 Å². The summed E-state index contributed by atoms with van der Waals surface area (Å²) < 4.78 is 1.18. The number of nitrogens with zero attached hydrogens (tertiary/aromatic N) is 3. The van der Waals surface area contributed by atoms with Gasteiger partial charge in [0.05, 0.1) is 11.8 Å². The Morgan fingerprint density at radius 3 is 2.87 bits per heavy atom. The summed E-state index contributed by atoms with van der Waals surface area (Å²) in [6.45, 7) is 0. The van der Waals surface area contributed by atoms with Gasteiger partial charge in [-0.2, -0.15) is 4.73 Å². The minimum Gasteiger partial charge on any atom is -0.329 e. The van der Waals surface area contributed by atoms with Gasteiger partial charge in [-0.25, -0.2) is 9.78 Å². The van der Waals surface area contributed by atoms with Crippen LogP contribution < -0.4 is 4.84 Å². The lowest BCUT2D eigenvalue weighted by Crippen LogP contribution is -2.19. The summed E-state index contributed by atoms with van der Waals surface area (Å²) in [4.78, 5) is 24.1. The maximum absolute atomic E-state index is 11.5. The van der Waals surface area contributed by atoms with Crippen LogP contribution in [0.5, 0.6) is 0 Å². The third kappa shape index (κ3) is 2.16. The standard InChI is InChI=1S/C9H7N3O2S/c13-9(7-2-1-3-10-4-7)14-12-6-11-5-8(12)15/h1-6,15H.